The van der Waals surface area contributed by atoms with Crippen molar-refractivity contribution in [2.75, 3.05) is 0 Å². The molecule has 0 spiro atoms. The number of fused-ring (bicyclic) bond motifs is 1. The second-order valence-electron chi connectivity index (χ2n) is 7.29. The van der Waals surface area contributed by atoms with Crippen molar-refractivity contribution in [3.63, 3.8) is 0 Å². The Labute approximate surface area is 157 Å². The molecule has 0 aromatic carbocycles. The Morgan fingerprint density at radius 1 is 1.38 bits per heavy atom. The van der Waals surface area contributed by atoms with Gasteiger partial charge in [-0.25, -0.2) is 9.36 Å². The van der Waals surface area contributed by atoms with Gasteiger partial charge >= 0.3 is 5.97 Å². The third-order valence-electron chi connectivity index (χ3n) is 5.48. The van der Waals surface area contributed by atoms with Crippen LogP contribution in [0.2, 0.25) is 0 Å². The SMILES string of the molecule is Cc1cc(C)[n+](C)c(CSC2=C(C(=O)O)N3C(=O)C([C@@H](C)O)C3[C@H]2C)c1. The summed E-state index contributed by atoms with van der Waals surface area (Å²) in [6, 6.07) is 3.94. The number of pyridine rings is 1. The smallest absolute Gasteiger partial charge is 0.353 e. The van der Waals surface area contributed by atoms with Crippen LogP contribution in [0.1, 0.15) is 30.8 Å². The van der Waals surface area contributed by atoms with Gasteiger partial charge in [0.2, 0.25) is 5.91 Å². The molecule has 1 saturated heterocycles. The number of carbonyl (C=O) groups is 2. The molecule has 2 N–H and O–H groups in total. The zero-order chi connectivity index (χ0) is 19.3. The third kappa shape index (κ3) is 2.83. The van der Waals surface area contributed by atoms with Gasteiger partial charge in [-0.05, 0) is 19.4 Å². The van der Waals surface area contributed by atoms with Crippen LogP contribution in [0.25, 0.3) is 0 Å². The highest BCUT2D eigenvalue weighted by molar-refractivity contribution is 8.02. The molecule has 3 rings (SSSR count). The zero-order valence-corrected chi connectivity index (χ0v) is 16.5. The van der Waals surface area contributed by atoms with Crippen LogP contribution in [0.3, 0.4) is 0 Å². The maximum absolute atomic E-state index is 12.4. The minimum absolute atomic E-state index is 0.0847. The Morgan fingerprint density at radius 3 is 2.62 bits per heavy atom. The second-order valence-corrected chi connectivity index (χ2v) is 8.30. The highest BCUT2D eigenvalue weighted by Crippen LogP contribution is 2.50. The van der Waals surface area contributed by atoms with Crippen LogP contribution >= 0.6 is 11.8 Å². The minimum Gasteiger partial charge on any atom is -0.477 e. The molecular weight excluding hydrogens is 352 g/mol. The quantitative estimate of drug-likeness (QED) is 0.601. The van der Waals surface area contributed by atoms with Crippen LogP contribution < -0.4 is 4.57 Å². The molecule has 0 bridgehead atoms. The van der Waals surface area contributed by atoms with E-state index in [-0.39, 0.29) is 23.6 Å². The molecule has 1 aromatic rings. The van der Waals surface area contributed by atoms with Gasteiger partial charge in [0.05, 0.1) is 23.8 Å². The molecule has 4 atom stereocenters. The second kappa shape index (κ2) is 6.70. The van der Waals surface area contributed by atoms with E-state index in [2.05, 4.69) is 16.7 Å². The molecule has 2 aliphatic heterocycles. The normalized spacial score (nSPS) is 26.0. The minimum atomic E-state index is -1.08. The van der Waals surface area contributed by atoms with Gasteiger partial charge in [0.25, 0.3) is 0 Å². The molecule has 3 heterocycles. The van der Waals surface area contributed by atoms with E-state index in [9.17, 15) is 19.8 Å². The highest BCUT2D eigenvalue weighted by atomic mass is 32.2. The fraction of sp³-hybridized carbons (Fsp3) is 0.526. The number of aliphatic hydroxyl groups is 1. The molecule has 140 valence electrons. The molecule has 1 aromatic heterocycles. The molecule has 26 heavy (non-hydrogen) atoms. The van der Waals surface area contributed by atoms with Crippen molar-refractivity contribution in [3.05, 3.63) is 39.7 Å². The first-order valence-electron chi connectivity index (χ1n) is 8.72. The molecule has 0 aliphatic carbocycles. The largest absolute Gasteiger partial charge is 0.477 e. The van der Waals surface area contributed by atoms with Gasteiger partial charge < -0.3 is 15.1 Å². The van der Waals surface area contributed by atoms with E-state index in [4.69, 9.17) is 0 Å². The molecule has 0 saturated carbocycles. The molecule has 1 amide bonds. The number of amides is 1. The van der Waals surface area contributed by atoms with Crippen LogP contribution in [0.5, 0.6) is 0 Å². The summed E-state index contributed by atoms with van der Waals surface area (Å²) in [6.07, 6.45) is -0.775. The van der Waals surface area contributed by atoms with Crippen molar-refractivity contribution in [2.24, 2.45) is 18.9 Å². The molecule has 6 nitrogen and oxygen atoms in total. The Morgan fingerprint density at radius 2 is 2.04 bits per heavy atom. The summed E-state index contributed by atoms with van der Waals surface area (Å²) in [5.74, 6) is -1.36. The van der Waals surface area contributed by atoms with Gasteiger partial charge in [-0.1, -0.05) is 6.92 Å². The molecule has 2 unspecified atom stereocenters. The van der Waals surface area contributed by atoms with Crippen molar-refractivity contribution in [2.45, 2.75) is 45.6 Å². The van der Waals surface area contributed by atoms with Gasteiger partial charge in [0, 0.05) is 29.9 Å². The Kier molecular flexibility index (Phi) is 4.88. The van der Waals surface area contributed by atoms with Crippen LogP contribution in [0, 0.1) is 25.7 Å². The van der Waals surface area contributed by atoms with E-state index in [1.54, 1.807) is 6.92 Å². The van der Waals surface area contributed by atoms with Crippen molar-refractivity contribution in [3.8, 4) is 0 Å². The summed E-state index contributed by atoms with van der Waals surface area (Å²) in [5, 5.41) is 19.6. The number of carbonyl (C=O) groups excluding carboxylic acids is 1. The lowest BCUT2D eigenvalue weighted by Crippen LogP contribution is -2.63. The summed E-state index contributed by atoms with van der Waals surface area (Å²) < 4.78 is 2.10. The van der Waals surface area contributed by atoms with E-state index < -0.39 is 18.0 Å². The number of aryl methyl sites for hydroxylation is 2. The lowest BCUT2D eigenvalue weighted by atomic mass is 9.79. The van der Waals surface area contributed by atoms with Crippen molar-refractivity contribution < 1.29 is 24.4 Å². The predicted molar refractivity (Wildman–Crippen MR) is 98.0 cm³/mol. The number of aliphatic carboxylic acids is 1. The number of aromatic nitrogens is 1. The highest BCUT2D eigenvalue weighted by Gasteiger charge is 2.59. The van der Waals surface area contributed by atoms with Gasteiger partial charge in [0.1, 0.15) is 12.7 Å². The van der Waals surface area contributed by atoms with Gasteiger partial charge in [0.15, 0.2) is 11.4 Å². The number of hydrogen-bond donors (Lipinski definition) is 2. The van der Waals surface area contributed by atoms with E-state index in [0.29, 0.717) is 5.75 Å². The number of β-lactam (4-membered cyclic amide) rings is 1. The standard InChI is InChI=1S/C19H24N2O4S/c1-9-6-10(2)20(5)13(7-9)8-26-17-11(3)15-14(12(4)22)18(23)21(15)16(17)19(24)25/h6-7,11-12,14-15,22H,8H2,1-5H3/p+1/t11-,12-,14?,15?/m1/s1. The molecule has 7 heteroatoms. The van der Waals surface area contributed by atoms with Crippen molar-refractivity contribution >= 4 is 23.6 Å². The summed E-state index contributed by atoms with van der Waals surface area (Å²) in [5.41, 5.74) is 3.49. The summed E-state index contributed by atoms with van der Waals surface area (Å²) in [4.78, 5) is 26.3. The topological polar surface area (TPSA) is 81.7 Å². The Hall–Kier alpha value is -1.86. The number of rotatable bonds is 5. The van der Waals surface area contributed by atoms with Gasteiger partial charge in [-0.3, -0.25) is 4.79 Å². The maximum atomic E-state index is 12.4. The van der Waals surface area contributed by atoms with Crippen molar-refractivity contribution in [1.29, 1.82) is 0 Å². The molecular formula is C19H25N2O4S+. The predicted octanol–water partition coefficient (Wildman–Crippen LogP) is 1.51. The molecule has 1 fully saturated rings. The van der Waals surface area contributed by atoms with E-state index in [0.717, 1.165) is 21.9 Å². The fourth-order valence-corrected chi connectivity index (χ4v) is 5.36. The zero-order valence-electron chi connectivity index (χ0n) is 15.7. The lowest BCUT2D eigenvalue weighted by Gasteiger charge is -2.46. The van der Waals surface area contributed by atoms with Crippen LogP contribution in [0.4, 0.5) is 0 Å². The third-order valence-corrected chi connectivity index (χ3v) is 6.79. The van der Waals surface area contributed by atoms with Crippen LogP contribution in [-0.4, -0.2) is 39.1 Å². The van der Waals surface area contributed by atoms with Crippen LogP contribution in [0.15, 0.2) is 22.7 Å². The Balaban J connectivity index is 1.90. The number of thioether (sulfide) groups is 1. The number of nitrogens with zero attached hydrogens (tertiary/aromatic N) is 2. The summed E-state index contributed by atoms with van der Waals surface area (Å²) in [7, 11) is 2.00. The summed E-state index contributed by atoms with van der Waals surface area (Å²) in [6.45, 7) is 7.62. The monoisotopic (exact) mass is 377 g/mol. The number of carboxylic acids is 1. The van der Waals surface area contributed by atoms with E-state index >= 15 is 0 Å². The first-order chi connectivity index (χ1) is 12.1. The first-order valence-corrected chi connectivity index (χ1v) is 9.71. The van der Waals surface area contributed by atoms with Crippen molar-refractivity contribution in [1.82, 2.24) is 4.90 Å². The number of hydrogen-bond acceptors (Lipinski definition) is 4. The fourth-order valence-electron chi connectivity index (χ4n) is 4.06. The maximum Gasteiger partial charge on any atom is 0.353 e. The van der Waals surface area contributed by atoms with E-state index in [1.165, 1.54) is 16.7 Å². The molecule has 0 radical (unpaired) electrons. The number of carboxylic acid groups (broad SMARTS) is 1. The lowest BCUT2D eigenvalue weighted by molar-refractivity contribution is -0.684. The van der Waals surface area contributed by atoms with Gasteiger partial charge in [-0.15, -0.1) is 11.8 Å². The van der Waals surface area contributed by atoms with Crippen LogP contribution in [-0.2, 0) is 22.4 Å². The Bertz CT molecular complexity index is 818. The average molecular weight is 377 g/mol. The number of aliphatic hydroxyl groups excluding tert-OH is 1. The van der Waals surface area contributed by atoms with E-state index in [1.807, 2.05) is 27.8 Å². The summed E-state index contributed by atoms with van der Waals surface area (Å²) >= 11 is 1.48. The first kappa shape index (κ1) is 18.9. The van der Waals surface area contributed by atoms with Gasteiger partial charge in [-0.2, -0.15) is 0 Å². The molecule has 2 aliphatic rings. The average Bonchev–Trinajstić information content (AvgIpc) is 2.78.